The Kier molecular flexibility index (Phi) is 4.98. The number of rotatable bonds is 6. The lowest BCUT2D eigenvalue weighted by Crippen LogP contribution is -2.49. The maximum atomic E-state index is 13.0. The van der Waals surface area contributed by atoms with Crippen molar-refractivity contribution in [3.63, 3.8) is 0 Å². The quantitative estimate of drug-likeness (QED) is 0.572. The van der Waals surface area contributed by atoms with Gasteiger partial charge in [-0.15, -0.1) is 11.3 Å². The number of hydrogen-bond acceptors (Lipinski definition) is 6. The van der Waals surface area contributed by atoms with Crippen LogP contribution in [0.15, 0.2) is 57.3 Å². The molecule has 4 rings (SSSR count). The van der Waals surface area contributed by atoms with Crippen molar-refractivity contribution < 1.29 is 30.9 Å². The smallest absolute Gasteiger partial charge is 0.368 e. The second-order valence-corrected chi connectivity index (χ2v) is 10.2. The third kappa shape index (κ3) is 3.64. The van der Waals surface area contributed by atoms with Gasteiger partial charge in [-0.1, -0.05) is 42.4 Å². The standard InChI is InChI=1S/C19H16F3N3O4S2/c1-10-16(11-5-3-2-4-6-11)18(10,17(23)26)25-31(27,28)15-8-7-13(30-15)12-9-14(29-24-12)19(20,21)22/h2-10,16,25H,1H3,(H2,23,26)/t10?,16-,18-/m0/s1. The Morgan fingerprint density at radius 2 is 1.90 bits per heavy atom. The third-order valence-electron chi connectivity index (χ3n) is 5.36. The van der Waals surface area contributed by atoms with E-state index in [4.69, 9.17) is 5.73 Å². The number of benzene rings is 1. The van der Waals surface area contributed by atoms with Gasteiger partial charge in [0.25, 0.3) is 10.0 Å². The highest BCUT2D eigenvalue weighted by Crippen LogP contribution is 2.57. The Morgan fingerprint density at radius 3 is 2.48 bits per heavy atom. The van der Waals surface area contributed by atoms with Crippen LogP contribution in [-0.4, -0.2) is 25.0 Å². The molecule has 3 aromatic rings. The molecule has 1 unspecified atom stereocenters. The highest BCUT2D eigenvalue weighted by Gasteiger charge is 2.68. The number of nitrogens with two attached hydrogens (primary N) is 1. The molecule has 1 aliphatic rings. The van der Waals surface area contributed by atoms with Crippen molar-refractivity contribution in [1.29, 1.82) is 0 Å². The molecule has 164 valence electrons. The molecule has 3 N–H and O–H groups in total. The monoisotopic (exact) mass is 471 g/mol. The number of thiophene rings is 1. The molecule has 0 saturated heterocycles. The van der Waals surface area contributed by atoms with E-state index in [1.807, 2.05) is 0 Å². The van der Waals surface area contributed by atoms with E-state index in [-0.39, 0.29) is 20.7 Å². The van der Waals surface area contributed by atoms with Crippen LogP contribution in [0.25, 0.3) is 10.6 Å². The third-order valence-corrected chi connectivity index (χ3v) is 8.44. The van der Waals surface area contributed by atoms with Crippen LogP contribution in [0, 0.1) is 5.92 Å². The molecule has 0 aliphatic heterocycles. The fraction of sp³-hybridized carbons (Fsp3) is 0.263. The molecular formula is C19H16F3N3O4S2. The lowest BCUT2D eigenvalue weighted by Gasteiger charge is -2.16. The van der Waals surface area contributed by atoms with E-state index in [0.29, 0.717) is 17.4 Å². The topological polar surface area (TPSA) is 115 Å². The van der Waals surface area contributed by atoms with Crippen LogP contribution in [0.1, 0.15) is 24.2 Å². The summed E-state index contributed by atoms with van der Waals surface area (Å²) < 4.78 is 70.7. The summed E-state index contributed by atoms with van der Waals surface area (Å²) in [5, 5.41) is 3.35. The Balaban J connectivity index is 1.62. The van der Waals surface area contributed by atoms with E-state index in [1.54, 1.807) is 37.3 Å². The summed E-state index contributed by atoms with van der Waals surface area (Å²) in [4.78, 5) is 12.4. The molecule has 1 amide bonds. The first-order valence-electron chi connectivity index (χ1n) is 9.00. The number of amides is 1. The molecule has 31 heavy (non-hydrogen) atoms. The van der Waals surface area contributed by atoms with Crippen molar-refractivity contribution >= 4 is 27.3 Å². The summed E-state index contributed by atoms with van der Waals surface area (Å²) in [5.41, 5.74) is 4.71. The molecule has 2 heterocycles. The lowest BCUT2D eigenvalue weighted by molar-refractivity contribution is -0.155. The van der Waals surface area contributed by atoms with Gasteiger partial charge in [-0.2, -0.15) is 17.9 Å². The molecule has 0 spiro atoms. The molecule has 7 nitrogen and oxygen atoms in total. The normalized spacial score (nSPS) is 23.6. The van der Waals surface area contributed by atoms with Crippen LogP contribution in [-0.2, 0) is 21.0 Å². The predicted octanol–water partition coefficient (Wildman–Crippen LogP) is 3.36. The largest absolute Gasteiger partial charge is 0.452 e. The first kappa shape index (κ1) is 21.5. The number of sulfonamides is 1. The molecule has 12 heteroatoms. The number of aromatic nitrogens is 1. The summed E-state index contributed by atoms with van der Waals surface area (Å²) in [5.74, 6) is -2.92. The number of nitrogens with zero attached hydrogens (tertiary/aromatic N) is 1. The molecule has 3 atom stereocenters. The molecule has 2 aromatic heterocycles. The summed E-state index contributed by atoms with van der Waals surface area (Å²) >= 11 is 0.703. The number of halogens is 3. The fourth-order valence-corrected chi connectivity index (χ4v) is 6.49. The average Bonchev–Trinajstić information content (AvgIpc) is 3.13. The highest BCUT2D eigenvalue weighted by molar-refractivity contribution is 7.91. The molecular weight excluding hydrogens is 455 g/mol. The van der Waals surface area contributed by atoms with Crippen LogP contribution in [0.2, 0.25) is 0 Å². The van der Waals surface area contributed by atoms with Gasteiger partial charge in [-0.3, -0.25) is 4.79 Å². The fourth-order valence-electron chi connectivity index (χ4n) is 3.76. The van der Waals surface area contributed by atoms with Crippen LogP contribution in [0.5, 0.6) is 0 Å². The zero-order valence-corrected chi connectivity index (χ0v) is 17.5. The zero-order chi connectivity index (χ0) is 22.6. The minimum atomic E-state index is -4.71. The second kappa shape index (κ2) is 7.18. The predicted molar refractivity (Wildman–Crippen MR) is 105 cm³/mol. The summed E-state index contributed by atoms with van der Waals surface area (Å²) in [6, 6.07) is 12.2. The van der Waals surface area contributed by atoms with E-state index >= 15 is 0 Å². The minimum absolute atomic E-state index is 0.148. The maximum absolute atomic E-state index is 13.0. The van der Waals surface area contributed by atoms with E-state index in [2.05, 4.69) is 14.4 Å². The SMILES string of the molecule is CC1[C@@H](c2ccccc2)[C@]1(NS(=O)(=O)c1ccc(-c2cc(C(F)(F)F)on2)s1)C(N)=O. The van der Waals surface area contributed by atoms with Crippen molar-refractivity contribution in [1.82, 2.24) is 9.88 Å². The van der Waals surface area contributed by atoms with Crippen LogP contribution in [0.4, 0.5) is 13.2 Å². The molecule has 1 fully saturated rings. The van der Waals surface area contributed by atoms with Crippen molar-refractivity contribution in [2.24, 2.45) is 11.7 Å². The number of primary amides is 1. The number of hydrogen-bond donors (Lipinski definition) is 2. The Hall–Kier alpha value is -2.70. The number of carbonyl (C=O) groups is 1. The van der Waals surface area contributed by atoms with Gasteiger partial charge in [0.1, 0.15) is 15.4 Å². The maximum Gasteiger partial charge on any atom is 0.452 e. The van der Waals surface area contributed by atoms with Crippen molar-refractivity contribution in [2.45, 2.75) is 28.8 Å². The molecule has 1 aromatic carbocycles. The van der Waals surface area contributed by atoms with Crippen LogP contribution >= 0.6 is 11.3 Å². The number of carbonyl (C=O) groups excluding carboxylic acids is 1. The van der Waals surface area contributed by atoms with E-state index < -0.39 is 39.3 Å². The van der Waals surface area contributed by atoms with Gasteiger partial charge in [-0.05, 0) is 23.6 Å². The summed E-state index contributed by atoms with van der Waals surface area (Å²) in [6.07, 6.45) is -4.71. The van der Waals surface area contributed by atoms with E-state index in [0.717, 1.165) is 5.56 Å². The van der Waals surface area contributed by atoms with Crippen molar-refractivity contribution in [3.05, 3.63) is 59.9 Å². The van der Waals surface area contributed by atoms with Gasteiger partial charge in [-0.25, -0.2) is 8.42 Å². The van der Waals surface area contributed by atoms with Crippen molar-refractivity contribution in [3.8, 4) is 10.6 Å². The Bertz CT molecular complexity index is 1240. The average molecular weight is 471 g/mol. The second-order valence-electron chi connectivity index (χ2n) is 7.21. The van der Waals surface area contributed by atoms with Gasteiger partial charge in [0.15, 0.2) is 0 Å². The number of alkyl halides is 3. The minimum Gasteiger partial charge on any atom is -0.368 e. The van der Waals surface area contributed by atoms with Gasteiger partial charge in [0.05, 0.1) is 4.88 Å². The van der Waals surface area contributed by atoms with E-state index in [9.17, 15) is 26.4 Å². The lowest BCUT2D eigenvalue weighted by atomic mass is 10.1. The molecule has 1 aliphatic carbocycles. The van der Waals surface area contributed by atoms with E-state index in [1.165, 1.54) is 12.1 Å². The van der Waals surface area contributed by atoms with Crippen molar-refractivity contribution in [2.75, 3.05) is 0 Å². The first-order chi connectivity index (χ1) is 14.5. The van der Waals surface area contributed by atoms with Gasteiger partial charge in [0, 0.05) is 12.0 Å². The van der Waals surface area contributed by atoms with Crippen LogP contribution < -0.4 is 10.5 Å². The molecule has 0 bridgehead atoms. The van der Waals surface area contributed by atoms with Crippen LogP contribution in [0.3, 0.4) is 0 Å². The first-order valence-corrected chi connectivity index (χ1v) is 11.3. The van der Waals surface area contributed by atoms with Gasteiger partial charge in [0.2, 0.25) is 11.7 Å². The zero-order valence-electron chi connectivity index (χ0n) is 15.9. The van der Waals surface area contributed by atoms with Gasteiger partial charge >= 0.3 is 6.18 Å². The van der Waals surface area contributed by atoms with Gasteiger partial charge < -0.3 is 10.3 Å². The molecule has 1 saturated carbocycles. The summed E-state index contributed by atoms with van der Waals surface area (Å²) in [6.45, 7) is 1.72. The summed E-state index contributed by atoms with van der Waals surface area (Å²) in [7, 11) is -4.20. The highest BCUT2D eigenvalue weighted by atomic mass is 32.2. The molecule has 0 radical (unpaired) electrons. The Labute approximate surface area is 179 Å². The Morgan fingerprint density at radius 1 is 1.23 bits per heavy atom. The number of nitrogens with one attached hydrogen (secondary N) is 1.